The highest BCUT2D eigenvalue weighted by Crippen LogP contribution is 2.52. The number of ether oxygens (including phenoxy) is 1. The Bertz CT molecular complexity index is 375. The summed E-state index contributed by atoms with van der Waals surface area (Å²) in [4.78, 5) is 0. The Morgan fingerprint density at radius 3 is 2.80 bits per heavy atom. The molecule has 0 radical (unpaired) electrons. The van der Waals surface area contributed by atoms with Crippen LogP contribution in [0.2, 0.25) is 0 Å². The molecule has 1 aliphatic rings. The summed E-state index contributed by atoms with van der Waals surface area (Å²) in [5.74, 6) is 1.59. The Morgan fingerprint density at radius 1 is 1.53 bits per heavy atom. The Balaban J connectivity index is 2.31. The summed E-state index contributed by atoms with van der Waals surface area (Å²) in [5, 5.41) is 0. The van der Waals surface area contributed by atoms with Gasteiger partial charge in [-0.05, 0) is 36.5 Å². The van der Waals surface area contributed by atoms with Gasteiger partial charge in [-0.1, -0.05) is 25.5 Å². The Kier molecular flexibility index (Phi) is 2.47. The first-order chi connectivity index (χ1) is 7.11. The van der Waals surface area contributed by atoms with Crippen molar-refractivity contribution in [3.8, 4) is 5.75 Å². The van der Waals surface area contributed by atoms with E-state index in [0.717, 1.165) is 18.6 Å². The quantitative estimate of drug-likeness (QED) is 0.823. The van der Waals surface area contributed by atoms with Crippen molar-refractivity contribution in [1.29, 1.82) is 0 Å². The van der Waals surface area contributed by atoms with E-state index in [-0.39, 0.29) is 5.54 Å². The lowest BCUT2D eigenvalue weighted by atomic mass is 10.0. The second kappa shape index (κ2) is 3.53. The summed E-state index contributed by atoms with van der Waals surface area (Å²) < 4.78 is 5.32. The Labute approximate surface area is 91.4 Å². The molecule has 1 aromatic rings. The van der Waals surface area contributed by atoms with Crippen LogP contribution in [0.15, 0.2) is 18.2 Å². The number of methoxy groups -OCH3 is 1. The molecule has 0 aliphatic heterocycles. The number of hydrogen-bond acceptors (Lipinski definition) is 2. The van der Waals surface area contributed by atoms with Gasteiger partial charge in [-0.2, -0.15) is 0 Å². The van der Waals surface area contributed by atoms with Crippen molar-refractivity contribution in [1.82, 2.24) is 0 Å². The maximum Gasteiger partial charge on any atom is 0.122 e. The highest BCUT2D eigenvalue weighted by atomic mass is 16.5. The Hall–Kier alpha value is -1.02. The highest BCUT2D eigenvalue weighted by molar-refractivity contribution is 5.42. The van der Waals surface area contributed by atoms with Crippen LogP contribution in [0.1, 0.15) is 30.9 Å². The van der Waals surface area contributed by atoms with Crippen molar-refractivity contribution < 1.29 is 4.74 Å². The molecule has 0 heterocycles. The second-order valence-electron chi connectivity index (χ2n) is 4.53. The lowest BCUT2D eigenvalue weighted by molar-refractivity contribution is 0.410. The molecular weight excluding hydrogens is 186 g/mol. The molecule has 1 saturated carbocycles. The monoisotopic (exact) mass is 205 g/mol. The summed E-state index contributed by atoms with van der Waals surface area (Å²) in [6.07, 6.45) is 2.27. The minimum Gasteiger partial charge on any atom is -0.496 e. The first kappa shape index (κ1) is 10.5. The summed E-state index contributed by atoms with van der Waals surface area (Å²) in [6.45, 7) is 4.25. The summed E-state index contributed by atoms with van der Waals surface area (Å²) in [5.41, 5.74) is 8.64. The van der Waals surface area contributed by atoms with Crippen molar-refractivity contribution in [2.45, 2.75) is 32.2 Å². The van der Waals surface area contributed by atoms with Crippen LogP contribution < -0.4 is 10.5 Å². The third kappa shape index (κ3) is 1.63. The van der Waals surface area contributed by atoms with Crippen LogP contribution in [0.3, 0.4) is 0 Å². The van der Waals surface area contributed by atoms with Crippen LogP contribution in [-0.4, -0.2) is 7.11 Å². The van der Waals surface area contributed by atoms with Crippen molar-refractivity contribution in [2.24, 2.45) is 11.7 Å². The first-order valence-corrected chi connectivity index (χ1v) is 5.55. The predicted molar refractivity (Wildman–Crippen MR) is 62.0 cm³/mol. The highest BCUT2D eigenvalue weighted by Gasteiger charge is 2.50. The standard InChI is InChI=1S/C13H19NO/c1-4-10-8-13(10,14)11-6-5-9(2)12(7-11)15-3/h5-7,10H,4,8,14H2,1-3H3. The molecule has 82 valence electrons. The van der Waals surface area contributed by atoms with Crippen molar-refractivity contribution >= 4 is 0 Å². The summed E-state index contributed by atoms with van der Waals surface area (Å²) in [7, 11) is 1.71. The van der Waals surface area contributed by atoms with Crippen molar-refractivity contribution in [2.75, 3.05) is 7.11 Å². The zero-order valence-corrected chi connectivity index (χ0v) is 9.71. The minimum atomic E-state index is -0.0876. The van der Waals surface area contributed by atoms with Gasteiger partial charge in [-0.25, -0.2) is 0 Å². The summed E-state index contributed by atoms with van der Waals surface area (Å²) in [6, 6.07) is 6.31. The molecule has 2 unspecified atom stereocenters. The average Bonchev–Trinajstić information content (AvgIpc) is 2.92. The van der Waals surface area contributed by atoms with E-state index in [0.29, 0.717) is 5.92 Å². The molecule has 2 atom stereocenters. The fourth-order valence-corrected chi connectivity index (χ4v) is 2.32. The van der Waals surface area contributed by atoms with E-state index in [1.807, 2.05) is 0 Å². The van der Waals surface area contributed by atoms with Crippen LogP contribution >= 0.6 is 0 Å². The molecule has 2 nitrogen and oxygen atoms in total. The largest absolute Gasteiger partial charge is 0.496 e. The van der Waals surface area contributed by atoms with E-state index in [1.54, 1.807) is 7.11 Å². The average molecular weight is 205 g/mol. The zero-order valence-electron chi connectivity index (χ0n) is 9.71. The fourth-order valence-electron chi connectivity index (χ4n) is 2.32. The van der Waals surface area contributed by atoms with Gasteiger partial charge < -0.3 is 10.5 Å². The van der Waals surface area contributed by atoms with Crippen LogP contribution in [0.4, 0.5) is 0 Å². The second-order valence-corrected chi connectivity index (χ2v) is 4.53. The van der Waals surface area contributed by atoms with Gasteiger partial charge in [0, 0.05) is 5.54 Å². The van der Waals surface area contributed by atoms with E-state index in [4.69, 9.17) is 10.5 Å². The lowest BCUT2D eigenvalue weighted by Crippen LogP contribution is -2.22. The third-order valence-electron chi connectivity index (χ3n) is 3.59. The van der Waals surface area contributed by atoms with E-state index >= 15 is 0 Å². The molecule has 0 saturated heterocycles. The van der Waals surface area contributed by atoms with Crippen LogP contribution in [0.25, 0.3) is 0 Å². The molecule has 1 aromatic carbocycles. The Morgan fingerprint density at radius 2 is 2.27 bits per heavy atom. The van der Waals surface area contributed by atoms with E-state index < -0.39 is 0 Å². The molecule has 2 rings (SSSR count). The zero-order chi connectivity index (χ0) is 11.1. The molecule has 0 spiro atoms. The van der Waals surface area contributed by atoms with Gasteiger partial charge in [0.15, 0.2) is 0 Å². The topological polar surface area (TPSA) is 35.2 Å². The van der Waals surface area contributed by atoms with Gasteiger partial charge in [0.05, 0.1) is 7.11 Å². The normalized spacial score (nSPS) is 28.9. The van der Waals surface area contributed by atoms with E-state index in [2.05, 4.69) is 32.0 Å². The van der Waals surface area contributed by atoms with Gasteiger partial charge >= 0.3 is 0 Å². The maximum atomic E-state index is 6.34. The van der Waals surface area contributed by atoms with Crippen molar-refractivity contribution in [3.63, 3.8) is 0 Å². The number of nitrogens with two attached hydrogens (primary N) is 1. The van der Waals surface area contributed by atoms with Crippen LogP contribution in [0, 0.1) is 12.8 Å². The number of aryl methyl sites for hydroxylation is 1. The van der Waals surface area contributed by atoms with Crippen LogP contribution in [0.5, 0.6) is 5.75 Å². The van der Waals surface area contributed by atoms with Crippen molar-refractivity contribution in [3.05, 3.63) is 29.3 Å². The van der Waals surface area contributed by atoms with E-state index in [9.17, 15) is 0 Å². The third-order valence-corrected chi connectivity index (χ3v) is 3.59. The molecule has 1 aliphatic carbocycles. The summed E-state index contributed by atoms with van der Waals surface area (Å²) >= 11 is 0. The van der Waals surface area contributed by atoms with Gasteiger partial charge in [0.25, 0.3) is 0 Å². The molecule has 2 N–H and O–H groups in total. The number of benzene rings is 1. The van der Waals surface area contributed by atoms with E-state index in [1.165, 1.54) is 11.1 Å². The predicted octanol–water partition coefficient (Wildman–Crippen LogP) is 2.59. The SMILES string of the molecule is CCC1CC1(N)c1ccc(C)c(OC)c1. The van der Waals surface area contributed by atoms with Crippen LogP contribution in [-0.2, 0) is 5.54 Å². The molecule has 15 heavy (non-hydrogen) atoms. The van der Waals surface area contributed by atoms with Gasteiger partial charge in [-0.3, -0.25) is 0 Å². The molecule has 1 fully saturated rings. The lowest BCUT2D eigenvalue weighted by Gasteiger charge is -2.14. The molecule has 2 heteroatoms. The van der Waals surface area contributed by atoms with Gasteiger partial charge in [0.1, 0.15) is 5.75 Å². The number of hydrogen-bond donors (Lipinski definition) is 1. The van der Waals surface area contributed by atoms with Gasteiger partial charge in [0.2, 0.25) is 0 Å². The maximum absolute atomic E-state index is 6.34. The molecule has 0 aromatic heterocycles. The smallest absolute Gasteiger partial charge is 0.122 e. The molecular formula is C13H19NO. The number of rotatable bonds is 3. The molecule has 0 amide bonds. The first-order valence-electron chi connectivity index (χ1n) is 5.55. The molecule has 0 bridgehead atoms. The van der Waals surface area contributed by atoms with Gasteiger partial charge in [-0.15, -0.1) is 0 Å². The fraction of sp³-hybridized carbons (Fsp3) is 0.538. The minimum absolute atomic E-state index is 0.0876.